The molecule has 4 heteroatoms. The van der Waals surface area contributed by atoms with Gasteiger partial charge in [-0.25, -0.2) is 0 Å². The van der Waals surface area contributed by atoms with Crippen LogP contribution in [0.25, 0.3) is 0 Å². The second-order valence-electron chi connectivity index (χ2n) is 2.82. The Kier molecular flexibility index (Phi) is 1.75. The van der Waals surface area contributed by atoms with Crippen molar-refractivity contribution in [1.82, 2.24) is 0 Å². The highest BCUT2D eigenvalue weighted by molar-refractivity contribution is 6.68. The highest BCUT2D eigenvalue weighted by Crippen LogP contribution is 2.69. The molecule has 0 aromatic carbocycles. The van der Waals surface area contributed by atoms with E-state index >= 15 is 0 Å². The van der Waals surface area contributed by atoms with Crippen molar-refractivity contribution < 1.29 is 4.79 Å². The Morgan fingerprint density at radius 3 is 1.80 bits per heavy atom. The first-order valence-corrected chi connectivity index (χ1v) is 4.06. The van der Waals surface area contributed by atoms with Gasteiger partial charge in [0.15, 0.2) is 0 Å². The summed E-state index contributed by atoms with van der Waals surface area (Å²) in [5.74, 6) is -0.0478. The van der Waals surface area contributed by atoms with Crippen LogP contribution in [0, 0.1) is 11.3 Å². The van der Waals surface area contributed by atoms with Crippen LogP contribution in [-0.4, -0.2) is 9.58 Å². The molecule has 2 atom stereocenters. The molecule has 0 aromatic heterocycles. The number of hydrogen-bond acceptors (Lipinski definition) is 1. The number of rotatable bonds is 1. The van der Waals surface area contributed by atoms with Crippen molar-refractivity contribution in [2.24, 2.45) is 11.3 Å². The molecule has 10 heavy (non-hydrogen) atoms. The predicted octanol–water partition coefficient (Wildman–Crippen LogP) is 2.58. The van der Waals surface area contributed by atoms with Crippen molar-refractivity contribution >= 4 is 40.0 Å². The molecular weight excluding hydrogens is 194 g/mol. The van der Waals surface area contributed by atoms with E-state index in [0.29, 0.717) is 0 Å². The maximum atomic E-state index is 10.8. The highest BCUT2D eigenvalue weighted by Gasteiger charge is 2.74. The van der Waals surface area contributed by atoms with Crippen molar-refractivity contribution in [2.75, 3.05) is 0 Å². The van der Waals surface area contributed by atoms with Gasteiger partial charge in [-0.15, -0.1) is 23.2 Å². The fourth-order valence-corrected chi connectivity index (χ4v) is 2.27. The molecule has 0 radical (unpaired) electrons. The van der Waals surface area contributed by atoms with E-state index < -0.39 is 15.0 Å². The highest BCUT2D eigenvalue weighted by atomic mass is 35.5. The zero-order valence-corrected chi connectivity index (χ0v) is 7.89. The third-order valence-corrected chi connectivity index (χ3v) is 4.26. The van der Waals surface area contributed by atoms with Gasteiger partial charge in [0.05, 0.1) is 5.41 Å². The maximum absolute atomic E-state index is 10.8. The largest absolute Gasteiger partial charge is 0.281 e. The molecule has 0 heterocycles. The monoisotopic (exact) mass is 200 g/mol. The molecule has 0 aromatic rings. The number of carbonyl (C=O) groups is 1. The van der Waals surface area contributed by atoms with Gasteiger partial charge in [0.2, 0.25) is 5.24 Å². The van der Waals surface area contributed by atoms with E-state index in [1.54, 1.807) is 13.8 Å². The van der Waals surface area contributed by atoms with Crippen LogP contribution in [0.4, 0.5) is 0 Å². The van der Waals surface area contributed by atoms with Crippen LogP contribution in [0.2, 0.25) is 0 Å². The Morgan fingerprint density at radius 2 is 1.80 bits per heavy atom. The van der Waals surface area contributed by atoms with Gasteiger partial charge >= 0.3 is 0 Å². The van der Waals surface area contributed by atoms with E-state index in [1.807, 2.05) is 0 Å². The molecule has 58 valence electrons. The smallest absolute Gasteiger partial charge is 0.230 e. The first kappa shape index (κ1) is 8.63. The summed E-state index contributed by atoms with van der Waals surface area (Å²) >= 11 is 16.8. The van der Waals surface area contributed by atoms with E-state index in [4.69, 9.17) is 34.8 Å². The lowest BCUT2D eigenvalue weighted by Crippen LogP contribution is -2.12. The molecule has 0 bridgehead atoms. The van der Waals surface area contributed by atoms with E-state index in [2.05, 4.69) is 0 Å². The SMILES string of the molecule is CC1C(Cl)(Cl)[C@]1(C)C(=O)Cl. The molecule has 0 N–H and O–H groups in total. The minimum Gasteiger partial charge on any atom is -0.281 e. The van der Waals surface area contributed by atoms with Crippen LogP contribution in [0.3, 0.4) is 0 Å². The van der Waals surface area contributed by atoms with Crippen LogP contribution in [-0.2, 0) is 4.79 Å². The molecule has 1 fully saturated rings. The van der Waals surface area contributed by atoms with Crippen LogP contribution in [0.1, 0.15) is 13.8 Å². The normalized spacial score (nSPS) is 43.1. The minimum atomic E-state index is -0.953. The molecule has 1 aliphatic rings. The molecule has 1 rings (SSSR count). The first-order valence-electron chi connectivity index (χ1n) is 2.93. The minimum absolute atomic E-state index is 0.0478. The Bertz CT molecular complexity index is 189. The lowest BCUT2D eigenvalue weighted by atomic mass is 10.1. The Balaban J connectivity index is 2.88. The average Bonchev–Trinajstić information content (AvgIpc) is 2.16. The van der Waals surface area contributed by atoms with Crippen molar-refractivity contribution in [3.05, 3.63) is 0 Å². The van der Waals surface area contributed by atoms with E-state index in [9.17, 15) is 4.79 Å². The van der Waals surface area contributed by atoms with Crippen molar-refractivity contribution in [3.8, 4) is 0 Å². The van der Waals surface area contributed by atoms with Gasteiger partial charge in [0, 0.05) is 5.92 Å². The van der Waals surface area contributed by atoms with E-state index in [1.165, 1.54) is 0 Å². The van der Waals surface area contributed by atoms with Crippen molar-refractivity contribution in [1.29, 1.82) is 0 Å². The van der Waals surface area contributed by atoms with Crippen LogP contribution >= 0.6 is 34.8 Å². The van der Waals surface area contributed by atoms with E-state index in [-0.39, 0.29) is 5.92 Å². The summed E-state index contributed by atoms with van der Waals surface area (Å²) in [5.41, 5.74) is -0.738. The summed E-state index contributed by atoms with van der Waals surface area (Å²) in [6.45, 7) is 3.48. The number of carbonyl (C=O) groups excluding carboxylic acids is 1. The van der Waals surface area contributed by atoms with Crippen LogP contribution in [0.5, 0.6) is 0 Å². The standard InChI is InChI=1S/C6H7Cl3O/c1-3-5(2,4(7)10)6(3,8)9/h3H,1-2H3/t3?,5-/m0/s1. The van der Waals surface area contributed by atoms with Crippen LogP contribution < -0.4 is 0 Å². The first-order chi connectivity index (χ1) is 4.35. The quantitative estimate of drug-likeness (QED) is 0.471. The summed E-state index contributed by atoms with van der Waals surface area (Å²) in [7, 11) is 0. The molecule has 0 spiro atoms. The van der Waals surface area contributed by atoms with Gasteiger partial charge in [-0.05, 0) is 18.5 Å². The average molecular weight is 201 g/mol. The van der Waals surface area contributed by atoms with Gasteiger partial charge in [0.1, 0.15) is 4.33 Å². The molecule has 0 amide bonds. The summed E-state index contributed by atoms with van der Waals surface area (Å²) in [4.78, 5) is 10.8. The summed E-state index contributed by atoms with van der Waals surface area (Å²) in [6.07, 6.45) is 0. The molecule has 0 saturated heterocycles. The van der Waals surface area contributed by atoms with E-state index in [0.717, 1.165) is 0 Å². The lowest BCUT2D eigenvalue weighted by molar-refractivity contribution is -0.116. The number of hydrogen-bond donors (Lipinski definition) is 0. The van der Waals surface area contributed by atoms with Gasteiger partial charge in [-0.2, -0.15) is 0 Å². The predicted molar refractivity (Wildman–Crippen MR) is 42.6 cm³/mol. The van der Waals surface area contributed by atoms with Crippen LogP contribution in [0.15, 0.2) is 0 Å². The zero-order valence-electron chi connectivity index (χ0n) is 5.62. The molecule has 1 saturated carbocycles. The summed E-state index contributed by atoms with van der Waals surface area (Å²) in [5, 5.41) is -0.454. The fourth-order valence-electron chi connectivity index (χ4n) is 1.04. The van der Waals surface area contributed by atoms with Gasteiger partial charge < -0.3 is 0 Å². The molecule has 1 aliphatic carbocycles. The third kappa shape index (κ3) is 0.744. The second-order valence-corrected chi connectivity index (χ2v) is 4.55. The maximum Gasteiger partial charge on any atom is 0.230 e. The fraction of sp³-hybridized carbons (Fsp3) is 0.833. The van der Waals surface area contributed by atoms with Crippen molar-refractivity contribution in [2.45, 2.75) is 18.2 Å². The Morgan fingerprint density at radius 1 is 1.50 bits per heavy atom. The lowest BCUT2D eigenvalue weighted by Gasteiger charge is -2.02. The third-order valence-electron chi connectivity index (χ3n) is 2.43. The van der Waals surface area contributed by atoms with Gasteiger partial charge in [-0.3, -0.25) is 4.79 Å². The van der Waals surface area contributed by atoms with Gasteiger partial charge in [-0.1, -0.05) is 6.92 Å². The molecule has 0 aliphatic heterocycles. The second kappa shape index (κ2) is 2.02. The Hall–Kier alpha value is 0.540. The van der Waals surface area contributed by atoms with Crippen molar-refractivity contribution in [3.63, 3.8) is 0 Å². The number of halogens is 3. The molecular formula is C6H7Cl3O. The van der Waals surface area contributed by atoms with Gasteiger partial charge in [0.25, 0.3) is 0 Å². The summed E-state index contributed by atoms with van der Waals surface area (Å²) < 4.78 is -0.953. The topological polar surface area (TPSA) is 17.1 Å². The Labute approximate surface area is 74.6 Å². The molecule has 1 nitrogen and oxygen atoms in total. The summed E-state index contributed by atoms with van der Waals surface area (Å²) in [6, 6.07) is 0. The molecule has 1 unspecified atom stereocenters. The number of alkyl halides is 2. The zero-order chi connectivity index (χ0) is 8.15.